The molecule has 0 saturated heterocycles. The van der Waals surface area contributed by atoms with Gasteiger partial charge in [-0.1, -0.05) is 6.07 Å². The summed E-state index contributed by atoms with van der Waals surface area (Å²) in [6, 6.07) is 6.69. The number of rotatable bonds is 3. The van der Waals surface area contributed by atoms with Gasteiger partial charge in [0, 0.05) is 23.6 Å². The van der Waals surface area contributed by atoms with Crippen molar-refractivity contribution in [2.24, 2.45) is 0 Å². The minimum Gasteiger partial charge on any atom is -0.399 e. The topological polar surface area (TPSA) is 83.8 Å². The Kier molecular flexibility index (Phi) is 3.09. The highest BCUT2D eigenvalue weighted by atomic mass is 16.1. The number of nitrogens with two attached hydrogens (primary N) is 1. The van der Waals surface area contributed by atoms with Gasteiger partial charge in [-0.3, -0.25) is 4.79 Å². The van der Waals surface area contributed by atoms with Crippen molar-refractivity contribution < 1.29 is 4.79 Å². The summed E-state index contributed by atoms with van der Waals surface area (Å²) in [5, 5.41) is 2.84. The van der Waals surface area contributed by atoms with Crippen LogP contribution < -0.4 is 11.1 Å². The Bertz CT molecular complexity index is 507. The number of aromatic nitrogens is 2. The summed E-state index contributed by atoms with van der Waals surface area (Å²) in [4.78, 5) is 18.9. The Labute approximate surface area is 99.1 Å². The van der Waals surface area contributed by atoms with Crippen molar-refractivity contribution in [3.8, 4) is 0 Å². The summed E-state index contributed by atoms with van der Waals surface area (Å²) >= 11 is 0. The third-order valence-corrected chi connectivity index (χ3v) is 2.43. The van der Waals surface area contributed by atoms with Crippen molar-refractivity contribution in [1.82, 2.24) is 15.3 Å². The van der Waals surface area contributed by atoms with Gasteiger partial charge in [-0.15, -0.1) is 0 Å². The minimum atomic E-state index is -0.168. The number of hydrogen-bond donors (Lipinski definition) is 3. The largest absolute Gasteiger partial charge is 0.399 e. The molecule has 17 heavy (non-hydrogen) atoms. The quantitative estimate of drug-likeness (QED) is 0.698. The number of H-pyrrole nitrogens is 1. The number of carbonyl (C=O) groups excluding carboxylic acids is 1. The van der Waals surface area contributed by atoms with Gasteiger partial charge in [-0.25, -0.2) is 4.98 Å². The molecule has 1 unspecified atom stereocenters. The van der Waals surface area contributed by atoms with E-state index in [1.165, 1.54) is 0 Å². The lowest BCUT2D eigenvalue weighted by atomic mass is 10.2. The van der Waals surface area contributed by atoms with Crippen molar-refractivity contribution in [3.05, 3.63) is 48.0 Å². The normalized spacial score (nSPS) is 12.1. The summed E-state index contributed by atoms with van der Waals surface area (Å²) in [5.74, 6) is 0.559. The van der Waals surface area contributed by atoms with Gasteiger partial charge in [0.05, 0.1) is 6.04 Å². The lowest BCUT2D eigenvalue weighted by Gasteiger charge is -2.11. The Morgan fingerprint density at radius 1 is 1.53 bits per heavy atom. The minimum absolute atomic E-state index is 0.166. The highest BCUT2D eigenvalue weighted by Crippen LogP contribution is 2.10. The highest BCUT2D eigenvalue weighted by molar-refractivity contribution is 5.95. The molecule has 2 aromatic rings. The molecular weight excluding hydrogens is 216 g/mol. The molecule has 1 atom stereocenters. The fourth-order valence-corrected chi connectivity index (χ4v) is 1.54. The molecule has 1 aromatic heterocycles. The SMILES string of the molecule is CC(NC(=O)c1cccc(N)c1)c1ncc[nH]1. The third kappa shape index (κ3) is 2.63. The second-order valence-electron chi connectivity index (χ2n) is 3.80. The van der Waals surface area contributed by atoms with Crippen LogP contribution in [0.15, 0.2) is 36.7 Å². The molecule has 0 bridgehead atoms. The van der Waals surface area contributed by atoms with E-state index in [0.29, 0.717) is 11.3 Å². The molecule has 4 N–H and O–H groups in total. The van der Waals surface area contributed by atoms with Gasteiger partial charge in [0.25, 0.3) is 5.91 Å². The monoisotopic (exact) mass is 230 g/mol. The number of anilines is 1. The van der Waals surface area contributed by atoms with Gasteiger partial charge < -0.3 is 16.0 Å². The van der Waals surface area contributed by atoms with E-state index in [4.69, 9.17) is 5.73 Å². The van der Waals surface area contributed by atoms with E-state index in [-0.39, 0.29) is 11.9 Å². The van der Waals surface area contributed by atoms with Crippen LogP contribution in [0.25, 0.3) is 0 Å². The Morgan fingerprint density at radius 3 is 3.00 bits per heavy atom. The van der Waals surface area contributed by atoms with E-state index in [0.717, 1.165) is 5.82 Å². The number of nitrogen functional groups attached to an aromatic ring is 1. The summed E-state index contributed by atoms with van der Waals surface area (Å²) in [7, 11) is 0. The van der Waals surface area contributed by atoms with Crippen LogP contribution in [-0.4, -0.2) is 15.9 Å². The van der Waals surface area contributed by atoms with E-state index in [1.807, 2.05) is 6.92 Å². The second kappa shape index (κ2) is 4.69. The maximum absolute atomic E-state index is 11.9. The molecule has 5 heteroatoms. The number of nitrogens with zero attached hydrogens (tertiary/aromatic N) is 1. The number of hydrogen-bond acceptors (Lipinski definition) is 3. The van der Waals surface area contributed by atoms with Gasteiger partial charge >= 0.3 is 0 Å². The summed E-state index contributed by atoms with van der Waals surface area (Å²) in [6.45, 7) is 1.86. The average molecular weight is 230 g/mol. The maximum Gasteiger partial charge on any atom is 0.251 e. The average Bonchev–Trinajstić information content (AvgIpc) is 2.82. The standard InChI is InChI=1S/C12H14N4O/c1-8(11-14-5-6-15-11)16-12(17)9-3-2-4-10(13)7-9/h2-8H,13H2,1H3,(H,14,15)(H,16,17). The molecule has 0 aliphatic carbocycles. The van der Waals surface area contributed by atoms with Crippen LogP contribution in [0.1, 0.15) is 29.1 Å². The smallest absolute Gasteiger partial charge is 0.251 e. The summed E-state index contributed by atoms with van der Waals surface area (Å²) < 4.78 is 0. The van der Waals surface area contributed by atoms with Gasteiger partial charge in [-0.2, -0.15) is 0 Å². The number of carbonyl (C=O) groups is 1. The maximum atomic E-state index is 11.9. The van der Waals surface area contributed by atoms with Crippen LogP contribution >= 0.6 is 0 Å². The molecule has 1 heterocycles. The van der Waals surface area contributed by atoms with Crippen LogP contribution in [0, 0.1) is 0 Å². The predicted octanol–water partition coefficient (Wildman–Crippen LogP) is 1.48. The lowest BCUT2D eigenvalue weighted by molar-refractivity contribution is 0.0938. The Morgan fingerprint density at radius 2 is 2.35 bits per heavy atom. The molecule has 0 radical (unpaired) electrons. The van der Waals surface area contributed by atoms with Crippen LogP contribution in [0.5, 0.6) is 0 Å². The second-order valence-corrected chi connectivity index (χ2v) is 3.80. The van der Waals surface area contributed by atoms with Crippen molar-refractivity contribution in [2.45, 2.75) is 13.0 Å². The molecular formula is C12H14N4O. The fourth-order valence-electron chi connectivity index (χ4n) is 1.54. The zero-order valence-corrected chi connectivity index (χ0v) is 9.47. The van der Waals surface area contributed by atoms with Crippen molar-refractivity contribution in [3.63, 3.8) is 0 Å². The van der Waals surface area contributed by atoms with E-state index in [1.54, 1.807) is 36.7 Å². The first-order chi connectivity index (χ1) is 8.16. The van der Waals surface area contributed by atoms with Crippen LogP contribution in [-0.2, 0) is 0 Å². The number of amides is 1. The van der Waals surface area contributed by atoms with Crippen molar-refractivity contribution in [1.29, 1.82) is 0 Å². The van der Waals surface area contributed by atoms with Gasteiger partial charge in [0.15, 0.2) is 0 Å². The molecule has 0 aliphatic rings. The van der Waals surface area contributed by atoms with Crippen LogP contribution in [0.2, 0.25) is 0 Å². The van der Waals surface area contributed by atoms with Gasteiger partial charge in [0.2, 0.25) is 0 Å². The molecule has 88 valence electrons. The summed E-state index contributed by atoms with van der Waals surface area (Å²) in [5.41, 5.74) is 6.74. The van der Waals surface area contributed by atoms with Gasteiger partial charge in [0.1, 0.15) is 5.82 Å². The zero-order chi connectivity index (χ0) is 12.3. The highest BCUT2D eigenvalue weighted by Gasteiger charge is 2.12. The fraction of sp³-hybridized carbons (Fsp3) is 0.167. The number of benzene rings is 1. The Balaban J connectivity index is 2.07. The van der Waals surface area contributed by atoms with E-state index < -0.39 is 0 Å². The molecule has 0 saturated carbocycles. The lowest BCUT2D eigenvalue weighted by Crippen LogP contribution is -2.27. The van der Waals surface area contributed by atoms with E-state index in [9.17, 15) is 4.79 Å². The number of imidazole rings is 1. The molecule has 0 spiro atoms. The molecule has 0 aliphatic heterocycles. The van der Waals surface area contributed by atoms with Crippen LogP contribution in [0.3, 0.4) is 0 Å². The van der Waals surface area contributed by atoms with Crippen LogP contribution in [0.4, 0.5) is 5.69 Å². The summed E-state index contributed by atoms with van der Waals surface area (Å²) in [6.07, 6.45) is 3.37. The van der Waals surface area contributed by atoms with Crippen molar-refractivity contribution in [2.75, 3.05) is 5.73 Å². The number of aromatic amines is 1. The molecule has 5 nitrogen and oxygen atoms in total. The first-order valence-electron chi connectivity index (χ1n) is 5.32. The molecule has 1 amide bonds. The first-order valence-corrected chi connectivity index (χ1v) is 5.32. The molecule has 1 aromatic carbocycles. The third-order valence-electron chi connectivity index (χ3n) is 2.43. The van der Waals surface area contributed by atoms with E-state index >= 15 is 0 Å². The Hall–Kier alpha value is -2.30. The number of nitrogens with one attached hydrogen (secondary N) is 2. The van der Waals surface area contributed by atoms with Crippen molar-refractivity contribution >= 4 is 11.6 Å². The van der Waals surface area contributed by atoms with Gasteiger partial charge in [-0.05, 0) is 25.1 Å². The first kappa shape index (κ1) is 11.2. The zero-order valence-electron chi connectivity index (χ0n) is 9.47. The molecule has 0 fully saturated rings. The molecule has 2 rings (SSSR count). The van der Waals surface area contributed by atoms with E-state index in [2.05, 4.69) is 15.3 Å². The predicted molar refractivity (Wildman–Crippen MR) is 65.3 cm³/mol.